The molecule has 72 valence electrons. The van der Waals surface area contributed by atoms with Gasteiger partial charge < -0.3 is 0 Å². The van der Waals surface area contributed by atoms with Crippen molar-refractivity contribution in [2.24, 2.45) is 11.8 Å². The van der Waals surface area contributed by atoms with E-state index in [1.165, 1.54) is 32.1 Å². The minimum absolute atomic E-state index is 0.879. The summed E-state index contributed by atoms with van der Waals surface area (Å²) in [5, 5.41) is 0. The second kappa shape index (κ2) is 7.39. The van der Waals surface area contributed by atoms with E-state index in [1.807, 2.05) is 6.08 Å². The smallest absolute Gasteiger partial charge is 0.0351 e. The van der Waals surface area contributed by atoms with Crippen molar-refractivity contribution in [2.75, 3.05) is 0 Å². The number of allylic oxidation sites excluding steroid dienone is 1. The standard InChI is InChI=1S/C12H24/c1-5-7-9-12(4)10-11(3)8-6-2/h5,11-12H,1,6-10H2,2-4H3. The van der Waals surface area contributed by atoms with Crippen molar-refractivity contribution in [3.8, 4) is 0 Å². The van der Waals surface area contributed by atoms with Gasteiger partial charge in [0.2, 0.25) is 0 Å². The summed E-state index contributed by atoms with van der Waals surface area (Å²) in [6, 6.07) is 0. The van der Waals surface area contributed by atoms with Crippen molar-refractivity contribution in [2.45, 2.75) is 52.9 Å². The van der Waals surface area contributed by atoms with Crippen LogP contribution in [-0.4, -0.2) is 0 Å². The van der Waals surface area contributed by atoms with E-state index < -0.39 is 0 Å². The zero-order valence-electron chi connectivity index (χ0n) is 8.97. The van der Waals surface area contributed by atoms with Crippen LogP contribution in [0.2, 0.25) is 0 Å². The Balaban J connectivity index is 3.39. The van der Waals surface area contributed by atoms with Gasteiger partial charge in [-0.2, -0.15) is 0 Å². The molecule has 0 nitrogen and oxygen atoms in total. The fourth-order valence-corrected chi connectivity index (χ4v) is 1.82. The minimum Gasteiger partial charge on any atom is -0.103 e. The molecule has 0 aromatic rings. The molecule has 0 N–H and O–H groups in total. The van der Waals surface area contributed by atoms with E-state index in [9.17, 15) is 0 Å². The van der Waals surface area contributed by atoms with Crippen molar-refractivity contribution in [1.82, 2.24) is 0 Å². The largest absolute Gasteiger partial charge is 0.103 e. The Morgan fingerprint density at radius 3 is 2.25 bits per heavy atom. The Labute approximate surface area is 78.1 Å². The van der Waals surface area contributed by atoms with Gasteiger partial charge in [-0.3, -0.25) is 0 Å². The fraction of sp³-hybridized carbons (Fsp3) is 0.833. The molecule has 0 bridgehead atoms. The summed E-state index contributed by atoms with van der Waals surface area (Å²) in [4.78, 5) is 0. The van der Waals surface area contributed by atoms with Crippen LogP contribution in [0.25, 0.3) is 0 Å². The van der Waals surface area contributed by atoms with Gasteiger partial charge in [0.1, 0.15) is 0 Å². The van der Waals surface area contributed by atoms with E-state index in [0.29, 0.717) is 0 Å². The Morgan fingerprint density at radius 1 is 1.17 bits per heavy atom. The predicted molar refractivity (Wildman–Crippen MR) is 57.3 cm³/mol. The molecule has 12 heavy (non-hydrogen) atoms. The third-order valence-corrected chi connectivity index (χ3v) is 2.45. The third-order valence-electron chi connectivity index (χ3n) is 2.45. The van der Waals surface area contributed by atoms with Gasteiger partial charge in [-0.05, 0) is 31.1 Å². The summed E-state index contributed by atoms with van der Waals surface area (Å²) in [5.74, 6) is 1.79. The Morgan fingerprint density at radius 2 is 1.75 bits per heavy atom. The molecule has 0 spiro atoms. The molecule has 2 atom stereocenters. The number of hydrogen-bond donors (Lipinski definition) is 0. The van der Waals surface area contributed by atoms with E-state index in [1.54, 1.807) is 0 Å². The van der Waals surface area contributed by atoms with Crippen molar-refractivity contribution in [1.29, 1.82) is 0 Å². The Kier molecular flexibility index (Phi) is 7.23. The highest BCUT2D eigenvalue weighted by atomic mass is 14.1. The highest BCUT2D eigenvalue weighted by Gasteiger charge is 2.06. The summed E-state index contributed by atoms with van der Waals surface area (Å²) in [5.41, 5.74) is 0. The van der Waals surface area contributed by atoms with Crippen LogP contribution in [0.3, 0.4) is 0 Å². The van der Waals surface area contributed by atoms with Gasteiger partial charge >= 0.3 is 0 Å². The maximum atomic E-state index is 3.75. The zero-order valence-corrected chi connectivity index (χ0v) is 8.97. The minimum atomic E-state index is 0.879. The van der Waals surface area contributed by atoms with Crippen molar-refractivity contribution >= 4 is 0 Å². The van der Waals surface area contributed by atoms with Crippen LogP contribution in [0.15, 0.2) is 12.7 Å². The summed E-state index contributed by atoms with van der Waals surface area (Å²) < 4.78 is 0. The number of hydrogen-bond acceptors (Lipinski definition) is 0. The molecule has 0 aromatic carbocycles. The molecular weight excluding hydrogens is 144 g/mol. The van der Waals surface area contributed by atoms with Crippen LogP contribution < -0.4 is 0 Å². The van der Waals surface area contributed by atoms with Gasteiger partial charge in [0.15, 0.2) is 0 Å². The van der Waals surface area contributed by atoms with E-state index in [4.69, 9.17) is 0 Å². The van der Waals surface area contributed by atoms with Gasteiger partial charge in [-0.15, -0.1) is 6.58 Å². The molecule has 0 heterocycles. The van der Waals surface area contributed by atoms with Gasteiger partial charge in [-0.25, -0.2) is 0 Å². The molecule has 0 saturated carbocycles. The van der Waals surface area contributed by atoms with Crippen LogP contribution in [0, 0.1) is 11.8 Å². The summed E-state index contributed by atoms with van der Waals surface area (Å²) in [7, 11) is 0. The van der Waals surface area contributed by atoms with Crippen molar-refractivity contribution in [3.05, 3.63) is 12.7 Å². The SMILES string of the molecule is C=CCCC(C)CC(C)CCC. The first kappa shape index (κ1) is 11.7. The molecule has 0 amide bonds. The van der Waals surface area contributed by atoms with Gasteiger partial charge in [0, 0.05) is 0 Å². The van der Waals surface area contributed by atoms with Crippen molar-refractivity contribution in [3.63, 3.8) is 0 Å². The normalized spacial score (nSPS) is 15.6. The lowest BCUT2D eigenvalue weighted by molar-refractivity contribution is 0.377. The molecule has 0 fully saturated rings. The first-order valence-corrected chi connectivity index (χ1v) is 5.31. The molecule has 0 saturated heterocycles. The van der Waals surface area contributed by atoms with E-state index >= 15 is 0 Å². The van der Waals surface area contributed by atoms with Crippen LogP contribution in [-0.2, 0) is 0 Å². The first-order chi connectivity index (χ1) is 5.70. The topological polar surface area (TPSA) is 0 Å². The monoisotopic (exact) mass is 168 g/mol. The predicted octanol–water partition coefficient (Wildman–Crippen LogP) is 4.42. The molecule has 0 aromatic heterocycles. The average molecular weight is 168 g/mol. The lowest BCUT2D eigenvalue weighted by Crippen LogP contribution is -2.02. The molecule has 0 aliphatic rings. The highest BCUT2D eigenvalue weighted by molar-refractivity contribution is 4.69. The second-order valence-electron chi connectivity index (χ2n) is 4.10. The fourth-order valence-electron chi connectivity index (χ4n) is 1.82. The molecule has 0 aliphatic heterocycles. The first-order valence-electron chi connectivity index (χ1n) is 5.31. The summed E-state index contributed by atoms with van der Waals surface area (Å²) in [6.45, 7) is 10.7. The second-order valence-corrected chi connectivity index (χ2v) is 4.10. The van der Waals surface area contributed by atoms with E-state index in [0.717, 1.165) is 11.8 Å². The maximum Gasteiger partial charge on any atom is -0.0351 e. The average Bonchev–Trinajstić information content (AvgIpc) is 2.01. The molecule has 0 rings (SSSR count). The zero-order chi connectivity index (χ0) is 9.40. The molecule has 0 heteroatoms. The van der Waals surface area contributed by atoms with E-state index in [-0.39, 0.29) is 0 Å². The van der Waals surface area contributed by atoms with Gasteiger partial charge in [0.25, 0.3) is 0 Å². The van der Waals surface area contributed by atoms with Crippen LogP contribution in [0.4, 0.5) is 0 Å². The highest BCUT2D eigenvalue weighted by Crippen LogP contribution is 2.20. The molecule has 2 unspecified atom stereocenters. The Bertz CT molecular complexity index is 105. The van der Waals surface area contributed by atoms with Crippen LogP contribution in [0.5, 0.6) is 0 Å². The van der Waals surface area contributed by atoms with E-state index in [2.05, 4.69) is 27.4 Å². The lowest BCUT2D eigenvalue weighted by atomic mass is 9.91. The maximum absolute atomic E-state index is 3.75. The summed E-state index contributed by atoms with van der Waals surface area (Å²) >= 11 is 0. The third kappa shape index (κ3) is 6.45. The summed E-state index contributed by atoms with van der Waals surface area (Å²) in [6.07, 6.45) is 8.63. The van der Waals surface area contributed by atoms with Gasteiger partial charge in [0.05, 0.1) is 0 Å². The quantitative estimate of drug-likeness (QED) is 0.494. The van der Waals surface area contributed by atoms with Gasteiger partial charge in [-0.1, -0.05) is 39.7 Å². The van der Waals surface area contributed by atoms with Crippen LogP contribution in [0.1, 0.15) is 52.9 Å². The van der Waals surface area contributed by atoms with Crippen molar-refractivity contribution < 1.29 is 0 Å². The number of rotatable bonds is 7. The lowest BCUT2D eigenvalue weighted by Gasteiger charge is -2.15. The Hall–Kier alpha value is -0.260. The molecule has 0 radical (unpaired) electrons. The molecular formula is C12H24. The van der Waals surface area contributed by atoms with Crippen LogP contribution >= 0.6 is 0 Å². The molecule has 0 aliphatic carbocycles.